The zero-order chi connectivity index (χ0) is 29.1. The molecule has 2 aromatic carbocycles. The van der Waals surface area contributed by atoms with Crippen LogP contribution in [0.3, 0.4) is 0 Å². The molecule has 0 saturated carbocycles. The second-order valence-electron chi connectivity index (χ2n) is 10.6. The molecule has 1 aliphatic heterocycles. The van der Waals surface area contributed by atoms with Crippen molar-refractivity contribution in [2.45, 2.75) is 26.4 Å². The lowest BCUT2D eigenvalue weighted by molar-refractivity contribution is 0.0240. The van der Waals surface area contributed by atoms with Crippen LogP contribution in [-0.2, 0) is 4.74 Å². The summed E-state index contributed by atoms with van der Waals surface area (Å²) in [5, 5.41) is 13.3. The minimum atomic E-state index is -0.542. The molecule has 1 saturated heterocycles. The van der Waals surface area contributed by atoms with Gasteiger partial charge in [0.1, 0.15) is 28.8 Å². The number of carbonyl (C=O) groups excluding carboxylic acids is 1. The number of carbonyl (C=O) groups is 1. The van der Waals surface area contributed by atoms with Crippen molar-refractivity contribution in [3.8, 4) is 5.75 Å². The number of nitrogens with zero attached hydrogens (tertiary/aromatic N) is 4. The van der Waals surface area contributed by atoms with E-state index < -0.39 is 17.0 Å². The lowest BCUT2D eigenvalue weighted by Gasteiger charge is -2.37. The molecule has 4 aromatic rings. The summed E-state index contributed by atoms with van der Waals surface area (Å²) in [6, 6.07) is 13.5. The number of H-pyrrole nitrogens is 1. The van der Waals surface area contributed by atoms with E-state index in [1.807, 2.05) is 39.0 Å². The van der Waals surface area contributed by atoms with Crippen LogP contribution in [0.4, 0.5) is 37.9 Å². The lowest BCUT2D eigenvalue weighted by atomic mass is 10.2. The number of benzene rings is 2. The van der Waals surface area contributed by atoms with E-state index in [1.54, 1.807) is 36.3 Å². The molecular formula is C29H32FN7O4. The highest BCUT2D eigenvalue weighted by atomic mass is 19.1. The van der Waals surface area contributed by atoms with Crippen LogP contribution in [0.1, 0.15) is 20.8 Å². The predicted octanol–water partition coefficient (Wildman–Crippen LogP) is 5.01. The van der Waals surface area contributed by atoms with Crippen molar-refractivity contribution < 1.29 is 18.7 Å². The Morgan fingerprint density at radius 1 is 1.02 bits per heavy atom. The quantitative estimate of drug-likeness (QED) is 0.298. The van der Waals surface area contributed by atoms with Crippen molar-refractivity contribution in [2.24, 2.45) is 0 Å². The summed E-state index contributed by atoms with van der Waals surface area (Å²) < 4.78 is 25.5. The first-order chi connectivity index (χ1) is 19.6. The number of halogens is 1. The molecule has 0 atom stereocenters. The standard InChI is InChI=1S/C29H32FN7O4/c1-29(2,3)41-28(39)37-13-11-36(12-14-37)19-9-10-22(23(16-19)40-4)33-26-25-18(17-31-35-27(25)38)15-24(34-26)32-21-8-6-5-7-20(21)30/h5-10,15-17H,11-14H2,1-4H3,(H,35,38)(H2,32,33,34). The number of nitrogens with one attached hydrogen (secondary N) is 3. The number of fused-ring (bicyclic) bond motifs is 1. The Bertz CT molecular complexity index is 1630. The van der Waals surface area contributed by atoms with Gasteiger partial charge in [0.05, 0.1) is 30.1 Å². The van der Waals surface area contributed by atoms with Crippen molar-refractivity contribution in [1.82, 2.24) is 20.1 Å². The van der Waals surface area contributed by atoms with E-state index in [0.717, 1.165) is 5.69 Å². The molecule has 1 fully saturated rings. The number of aromatic nitrogens is 3. The first-order valence-electron chi connectivity index (χ1n) is 13.2. The maximum absolute atomic E-state index is 14.3. The number of pyridine rings is 1. The highest BCUT2D eigenvalue weighted by Crippen LogP contribution is 2.34. The van der Waals surface area contributed by atoms with Gasteiger partial charge in [-0.3, -0.25) is 4.79 Å². The van der Waals surface area contributed by atoms with Gasteiger partial charge in [0.2, 0.25) is 0 Å². The topological polar surface area (TPSA) is 125 Å². The third-order valence-corrected chi connectivity index (χ3v) is 6.52. The van der Waals surface area contributed by atoms with E-state index in [0.29, 0.717) is 54.2 Å². The molecule has 1 aliphatic rings. The number of hydrogen-bond acceptors (Lipinski definition) is 9. The van der Waals surface area contributed by atoms with Gasteiger partial charge < -0.3 is 29.9 Å². The molecule has 11 nitrogen and oxygen atoms in total. The van der Waals surface area contributed by atoms with E-state index in [4.69, 9.17) is 9.47 Å². The molecule has 3 heterocycles. The van der Waals surface area contributed by atoms with Crippen LogP contribution >= 0.6 is 0 Å². The summed E-state index contributed by atoms with van der Waals surface area (Å²) in [7, 11) is 1.56. The Morgan fingerprint density at radius 3 is 2.49 bits per heavy atom. The number of ether oxygens (including phenoxy) is 2. The van der Waals surface area contributed by atoms with Crippen LogP contribution in [0.2, 0.25) is 0 Å². The predicted molar refractivity (Wildman–Crippen MR) is 156 cm³/mol. The van der Waals surface area contributed by atoms with Crippen LogP contribution in [0.25, 0.3) is 10.8 Å². The molecule has 214 valence electrons. The fourth-order valence-corrected chi connectivity index (χ4v) is 4.56. The normalized spacial score (nSPS) is 13.7. The summed E-state index contributed by atoms with van der Waals surface area (Å²) >= 11 is 0. The van der Waals surface area contributed by atoms with Crippen LogP contribution in [0.5, 0.6) is 5.75 Å². The van der Waals surface area contributed by atoms with Gasteiger partial charge in [-0.05, 0) is 51.1 Å². The van der Waals surface area contributed by atoms with Crippen molar-refractivity contribution in [2.75, 3.05) is 48.8 Å². The van der Waals surface area contributed by atoms with Crippen molar-refractivity contribution in [1.29, 1.82) is 0 Å². The minimum Gasteiger partial charge on any atom is -0.494 e. The Labute approximate surface area is 236 Å². The average molecular weight is 562 g/mol. The third kappa shape index (κ3) is 6.32. The summed E-state index contributed by atoms with van der Waals surface area (Å²) in [6.45, 7) is 7.89. The summed E-state index contributed by atoms with van der Waals surface area (Å²) in [5.41, 5.74) is 0.784. The van der Waals surface area contributed by atoms with E-state index in [9.17, 15) is 14.0 Å². The van der Waals surface area contributed by atoms with E-state index in [1.165, 1.54) is 12.3 Å². The molecule has 41 heavy (non-hydrogen) atoms. The number of piperazine rings is 1. The zero-order valence-corrected chi connectivity index (χ0v) is 23.3. The Morgan fingerprint density at radius 2 is 1.78 bits per heavy atom. The fourth-order valence-electron chi connectivity index (χ4n) is 4.56. The van der Waals surface area contributed by atoms with Gasteiger partial charge in [-0.25, -0.2) is 19.3 Å². The number of methoxy groups -OCH3 is 1. The molecule has 0 radical (unpaired) electrons. The van der Waals surface area contributed by atoms with Gasteiger partial charge in [0, 0.05) is 43.3 Å². The fraction of sp³-hybridized carbons (Fsp3) is 0.310. The number of aromatic amines is 1. The maximum Gasteiger partial charge on any atom is 0.410 e. The van der Waals surface area contributed by atoms with Gasteiger partial charge in [0.25, 0.3) is 5.56 Å². The van der Waals surface area contributed by atoms with Crippen molar-refractivity contribution in [3.63, 3.8) is 0 Å². The van der Waals surface area contributed by atoms with Crippen molar-refractivity contribution >= 4 is 45.6 Å². The smallest absolute Gasteiger partial charge is 0.410 e. The SMILES string of the molecule is COc1cc(N2CCN(C(=O)OC(C)(C)C)CC2)ccc1Nc1nc(Nc2ccccc2F)cc2cn[nH]c(=O)c12. The Hall–Kier alpha value is -4.87. The number of para-hydroxylation sites is 1. The van der Waals surface area contributed by atoms with Crippen LogP contribution < -0.4 is 25.8 Å². The van der Waals surface area contributed by atoms with Crippen molar-refractivity contribution in [3.05, 3.63) is 70.9 Å². The van der Waals surface area contributed by atoms with E-state index >= 15 is 0 Å². The molecule has 2 aromatic heterocycles. The third-order valence-electron chi connectivity index (χ3n) is 6.52. The number of hydrogen-bond donors (Lipinski definition) is 3. The molecule has 0 bridgehead atoms. The van der Waals surface area contributed by atoms with E-state index in [-0.39, 0.29) is 17.6 Å². The number of rotatable bonds is 6. The Kier molecular flexibility index (Phi) is 7.64. The van der Waals surface area contributed by atoms with Gasteiger partial charge in [0.15, 0.2) is 0 Å². The number of amides is 1. The first kappa shape index (κ1) is 27.7. The molecule has 5 rings (SSSR count). The molecule has 3 N–H and O–H groups in total. The summed E-state index contributed by atoms with van der Waals surface area (Å²) in [6.07, 6.45) is 1.19. The number of anilines is 5. The highest BCUT2D eigenvalue weighted by molar-refractivity contribution is 5.95. The zero-order valence-electron chi connectivity index (χ0n) is 23.3. The second kappa shape index (κ2) is 11.3. The van der Waals surface area contributed by atoms with Crippen LogP contribution in [-0.4, -0.2) is 65.1 Å². The second-order valence-corrected chi connectivity index (χ2v) is 10.6. The van der Waals surface area contributed by atoms with E-state index in [2.05, 4.69) is 30.7 Å². The van der Waals surface area contributed by atoms with Crippen LogP contribution in [0.15, 0.2) is 59.5 Å². The van der Waals surface area contributed by atoms with Gasteiger partial charge in [-0.1, -0.05) is 12.1 Å². The molecular weight excluding hydrogens is 529 g/mol. The van der Waals surface area contributed by atoms with Gasteiger partial charge in [-0.15, -0.1) is 0 Å². The van der Waals surface area contributed by atoms with Gasteiger partial charge in [-0.2, -0.15) is 5.10 Å². The largest absolute Gasteiger partial charge is 0.494 e. The highest BCUT2D eigenvalue weighted by Gasteiger charge is 2.26. The molecule has 0 unspecified atom stereocenters. The van der Waals surface area contributed by atoms with Gasteiger partial charge >= 0.3 is 6.09 Å². The average Bonchev–Trinajstić information content (AvgIpc) is 2.93. The molecule has 1 amide bonds. The minimum absolute atomic E-state index is 0.247. The molecule has 0 aliphatic carbocycles. The maximum atomic E-state index is 14.3. The lowest BCUT2D eigenvalue weighted by Crippen LogP contribution is -2.50. The Balaban J connectivity index is 1.39. The molecule has 0 spiro atoms. The molecule has 12 heteroatoms. The van der Waals surface area contributed by atoms with Crippen LogP contribution in [0, 0.1) is 5.82 Å². The monoisotopic (exact) mass is 561 g/mol. The summed E-state index contributed by atoms with van der Waals surface area (Å²) in [4.78, 5) is 33.6. The first-order valence-corrected chi connectivity index (χ1v) is 13.2. The summed E-state index contributed by atoms with van der Waals surface area (Å²) in [5.74, 6) is 0.681.